The quantitative estimate of drug-likeness (QED) is 0.451. The molecule has 0 saturated carbocycles. The summed E-state index contributed by atoms with van der Waals surface area (Å²) in [6, 6.07) is 10.4. The molecular formula is C17H21FIN5. The second kappa shape index (κ2) is 9.27. The van der Waals surface area contributed by atoms with Crippen LogP contribution in [0.3, 0.4) is 0 Å². The second-order valence-electron chi connectivity index (χ2n) is 5.29. The number of aliphatic imine (C=N–C) groups is 1. The lowest BCUT2D eigenvalue weighted by Gasteiger charge is -2.22. The summed E-state index contributed by atoms with van der Waals surface area (Å²) < 4.78 is 15.9. The van der Waals surface area contributed by atoms with Crippen molar-refractivity contribution in [3.8, 4) is 6.07 Å². The van der Waals surface area contributed by atoms with E-state index in [-0.39, 0.29) is 24.0 Å². The monoisotopic (exact) mass is 441 g/mol. The lowest BCUT2D eigenvalue weighted by Crippen LogP contribution is -2.38. The van der Waals surface area contributed by atoms with Gasteiger partial charge in [0.2, 0.25) is 0 Å². The van der Waals surface area contributed by atoms with Gasteiger partial charge in [0.15, 0.2) is 5.96 Å². The van der Waals surface area contributed by atoms with Crippen LogP contribution in [-0.4, -0.2) is 29.5 Å². The van der Waals surface area contributed by atoms with Crippen LogP contribution in [0, 0.1) is 17.1 Å². The molecule has 0 aliphatic carbocycles. The molecule has 0 bridgehead atoms. The second-order valence-corrected chi connectivity index (χ2v) is 5.29. The Balaban J connectivity index is 0.00000288. The third-order valence-electron chi connectivity index (χ3n) is 3.64. The first-order valence-electron chi connectivity index (χ1n) is 7.25. The van der Waals surface area contributed by atoms with Crippen molar-refractivity contribution in [1.29, 1.82) is 5.26 Å². The molecule has 7 heteroatoms. The van der Waals surface area contributed by atoms with Gasteiger partial charge in [-0.1, -0.05) is 6.07 Å². The van der Waals surface area contributed by atoms with Gasteiger partial charge in [-0.05, 0) is 24.3 Å². The molecule has 0 aliphatic heterocycles. The van der Waals surface area contributed by atoms with Crippen LogP contribution < -0.4 is 5.32 Å². The first-order chi connectivity index (χ1) is 11.0. The van der Waals surface area contributed by atoms with Crippen molar-refractivity contribution >= 4 is 29.9 Å². The lowest BCUT2D eigenvalue weighted by molar-refractivity contribution is 0.460. The molecule has 1 aromatic heterocycles. The average Bonchev–Trinajstić information content (AvgIpc) is 2.94. The molecule has 0 atom stereocenters. The molecule has 1 aromatic carbocycles. The molecule has 0 saturated heterocycles. The number of nitrogens with one attached hydrogen (secondary N) is 1. The van der Waals surface area contributed by atoms with Gasteiger partial charge in [0.05, 0.1) is 18.2 Å². The highest BCUT2D eigenvalue weighted by Crippen LogP contribution is 2.10. The number of nitriles is 1. The molecule has 5 nitrogen and oxygen atoms in total. The number of hydrogen-bond acceptors (Lipinski definition) is 2. The zero-order valence-electron chi connectivity index (χ0n) is 14.0. The van der Waals surface area contributed by atoms with Crippen LogP contribution in [0.15, 0.2) is 41.5 Å². The highest BCUT2D eigenvalue weighted by atomic mass is 127. The van der Waals surface area contributed by atoms with Crippen LogP contribution in [0.25, 0.3) is 0 Å². The number of rotatable bonds is 4. The van der Waals surface area contributed by atoms with E-state index in [1.807, 2.05) is 48.0 Å². The highest BCUT2D eigenvalue weighted by Gasteiger charge is 2.10. The van der Waals surface area contributed by atoms with Gasteiger partial charge in [-0.25, -0.2) is 4.39 Å². The van der Waals surface area contributed by atoms with Crippen molar-refractivity contribution in [2.75, 3.05) is 14.1 Å². The van der Waals surface area contributed by atoms with Crippen molar-refractivity contribution in [1.82, 2.24) is 14.8 Å². The Kier molecular flexibility index (Phi) is 7.71. The minimum atomic E-state index is -0.392. The van der Waals surface area contributed by atoms with E-state index in [9.17, 15) is 4.39 Å². The smallest absolute Gasteiger partial charge is 0.194 e. The maximum Gasteiger partial charge on any atom is 0.194 e. The minimum Gasteiger partial charge on any atom is -0.353 e. The van der Waals surface area contributed by atoms with E-state index in [0.717, 1.165) is 5.69 Å². The number of guanidine groups is 1. The standard InChI is InChI=1S/C17H20FN5.HI/c1-20-17(23(3)12-15-5-4-8-22(15)2)21-11-14-7-6-13(10-19)9-16(14)18;/h4-9H,11-12H2,1-3H3,(H,20,21);1H. The van der Waals surface area contributed by atoms with Gasteiger partial charge >= 0.3 is 0 Å². The van der Waals surface area contributed by atoms with Gasteiger partial charge in [-0.15, -0.1) is 24.0 Å². The van der Waals surface area contributed by atoms with Gasteiger partial charge in [-0.2, -0.15) is 5.26 Å². The molecule has 24 heavy (non-hydrogen) atoms. The molecule has 0 spiro atoms. The molecule has 0 radical (unpaired) electrons. The molecule has 0 amide bonds. The Morgan fingerprint density at radius 3 is 2.71 bits per heavy atom. The summed E-state index contributed by atoms with van der Waals surface area (Å²) >= 11 is 0. The predicted molar refractivity (Wildman–Crippen MR) is 104 cm³/mol. The van der Waals surface area contributed by atoms with Crippen LogP contribution in [-0.2, 0) is 20.1 Å². The Hall–Kier alpha value is -2.08. The van der Waals surface area contributed by atoms with Gasteiger partial charge in [0.1, 0.15) is 5.82 Å². The molecule has 2 rings (SSSR count). The van der Waals surface area contributed by atoms with Crippen molar-refractivity contribution in [2.45, 2.75) is 13.1 Å². The van der Waals surface area contributed by atoms with Gasteiger partial charge < -0.3 is 14.8 Å². The van der Waals surface area contributed by atoms with Gasteiger partial charge in [0, 0.05) is 45.1 Å². The van der Waals surface area contributed by atoms with E-state index < -0.39 is 5.82 Å². The minimum absolute atomic E-state index is 0. The van der Waals surface area contributed by atoms with Crippen LogP contribution in [0.5, 0.6) is 0 Å². The Bertz CT molecular complexity index is 748. The van der Waals surface area contributed by atoms with E-state index >= 15 is 0 Å². The molecule has 128 valence electrons. The van der Waals surface area contributed by atoms with Crippen molar-refractivity contribution in [2.24, 2.45) is 12.0 Å². The first-order valence-corrected chi connectivity index (χ1v) is 7.25. The molecule has 1 heterocycles. The zero-order valence-corrected chi connectivity index (χ0v) is 16.3. The Morgan fingerprint density at radius 1 is 1.42 bits per heavy atom. The summed E-state index contributed by atoms with van der Waals surface area (Å²) in [6.45, 7) is 1.00. The predicted octanol–water partition coefficient (Wildman–Crippen LogP) is 2.86. The normalized spacial score (nSPS) is 10.7. The summed E-state index contributed by atoms with van der Waals surface area (Å²) in [5.41, 5.74) is 1.97. The number of aryl methyl sites for hydroxylation is 1. The molecule has 2 aromatic rings. The average molecular weight is 441 g/mol. The van der Waals surface area contributed by atoms with Gasteiger partial charge in [0.25, 0.3) is 0 Å². The van der Waals surface area contributed by atoms with Crippen molar-refractivity contribution < 1.29 is 4.39 Å². The Morgan fingerprint density at radius 2 is 2.17 bits per heavy atom. The fourth-order valence-corrected chi connectivity index (χ4v) is 2.30. The van der Waals surface area contributed by atoms with Crippen LogP contribution in [0.2, 0.25) is 0 Å². The van der Waals surface area contributed by atoms with Gasteiger partial charge in [-0.3, -0.25) is 4.99 Å². The zero-order chi connectivity index (χ0) is 16.8. The third kappa shape index (κ3) is 4.96. The highest BCUT2D eigenvalue weighted by molar-refractivity contribution is 14.0. The Labute approximate surface area is 158 Å². The van der Waals surface area contributed by atoms with Crippen LogP contribution >= 0.6 is 24.0 Å². The van der Waals surface area contributed by atoms with Crippen molar-refractivity contribution in [3.63, 3.8) is 0 Å². The van der Waals surface area contributed by atoms with E-state index in [4.69, 9.17) is 5.26 Å². The van der Waals surface area contributed by atoms with E-state index in [0.29, 0.717) is 30.2 Å². The third-order valence-corrected chi connectivity index (χ3v) is 3.64. The summed E-state index contributed by atoms with van der Waals surface area (Å²) in [5, 5.41) is 11.9. The maximum atomic E-state index is 13.9. The SMILES string of the molecule is CN=C(NCc1ccc(C#N)cc1F)N(C)Cc1cccn1C.I. The van der Waals surface area contributed by atoms with Crippen LogP contribution in [0.1, 0.15) is 16.8 Å². The van der Waals surface area contributed by atoms with E-state index in [2.05, 4.69) is 10.3 Å². The van der Waals surface area contributed by atoms with Crippen LogP contribution in [0.4, 0.5) is 4.39 Å². The number of halogens is 2. The summed E-state index contributed by atoms with van der Waals surface area (Å²) in [4.78, 5) is 6.19. The summed E-state index contributed by atoms with van der Waals surface area (Å²) in [7, 11) is 5.61. The molecule has 0 fully saturated rings. The fourth-order valence-electron chi connectivity index (χ4n) is 2.30. The largest absolute Gasteiger partial charge is 0.353 e. The summed E-state index contributed by atoms with van der Waals surface area (Å²) in [5.74, 6) is 0.284. The molecule has 0 aliphatic rings. The number of nitrogens with zero attached hydrogens (tertiary/aromatic N) is 4. The topological polar surface area (TPSA) is 56.4 Å². The van der Waals surface area contributed by atoms with E-state index in [1.165, 1.54) is 6.07 Å². The molecular weight excluding hydrogens is 420 g/mol. The lowest BCUT2D eigenvalue weighted by atomic mass is 10.1. The van der Waals surface area contributed by atoms with Crippen molar-refractivity contribution in [3.05, 3.63) is 59.2 Å². The fraction of sp³-hybridized carbons (Fsp3) is 0.294. The molecule has 0 unspecified atom stereocenters. The molecule has 1 N–H and O–H groups in total. The first kappa shape index (κ1) is 20.0. The number of benzene rings is 1. The van der Waals surface area contributed by atoms with E-state index in [1.54, 1.807) is 19.2 Å². The maximum absolute atomic E-state index is 13.9. The number of hydrogen-bond donors (Lipinski definition) is 1. The summed E-state index contributed by atoms with van der Waals surface area (Å²) in [6.07, 6.45) is 1.99. The number of aromatic nitrogens is 1.